The van der Waals surface area contributed by atoms with Crippen LogP contribution in [0.25, 0.3) is 0 Å². The number of hydrogen-bond acceptors (Lipinski definition) is 3. The summed E-state index contributed by atoms with van der Waals surface area (Å²) in [5, 5.41) is 6.13. The minimum Gasteiger partial charge on any atom is -0.353 e. The van der Waals surface area contributed by atoms with Gasteiger partial charge in [0.2, 0.25) is 11.8 Å². The van der Waals surface area contributed by atoms with E-state index >= 15 is 0 Å². The van der Waals surface area contributed by atoms with Crippen LogP contribution in [0.5, 0.6) is 0 Å². The number of carbonyl (C=O) groups is 2. The van der Waals surface area contributed by atoms with Crippen LogP contribution in [0.4, 0.5) is 0 Å². The number of aryl methyl sites for hydroxylation is 1. The zero-order valence-corrected chi connectivity index (χ0v) is 15.7. The van der Waals surface area contributed by atoms with Crippen molar-refractivity contribution in [2.24, 2.45) is 0 Å². The van der Waals surface area contributed by atoms with Crippen molar-refractivity contribution in [3.05, 3.63) is 35.9 Å². The lowest BCUT2D eigenvalue weighted by atomic mass is 10.0. The van der Waals surface area contributed by atoms with Crippen LogP contribution in [-0.2, 0) is 16.0 Å². The number of nitrogens with one attached hydrogen (secondary N) is 2. The maximum Gasteiger partial charge on any atom is 0.234 e. The molecule has 25 heavy (non-hydrogen) atoms. The summed E-state index contributed by atoms with van der Waals surface area (Å²) in [6, 6.07) is 10.3. The van der Waals surface area contributed by atoms with E-state index < -0.39 is 0 Å². The number of hydrogen-bond donors (Lipinski definition) is 2. The molecule has 0 aromatic heterocycles. The van der Waals surface area contributed by atoms with Crippen LogP contribution in [0.1, 0.15) is 45.6 Å². The molecule has 5 heteroatoms. The van der Waals surface area contributed by atoms with Gasteiger partial charge in [0.1, 0.15) is 0 Å². The average Bonchev–Trinajstić information content (AvgIpc) is 2.54. The first kappa shape index (κ1) is 19.4. The van der Waals surface area contributed by atoms with Crippen molar-refractivity contribution in [1.29, 1.82) is 0 Å². The first-order valence-corrected chi connectivity index (χ1v) is 9.18. The SMILES string of the molecule is CC(C)(C)NC(=O)CN1CCC(NC(=O)CCc2ccccc2)CC1. The third-order valence-corrected chi connectivity index (χ3v) is 4.32. The molecule has 1 saturated heterocycles. The fourth-order valence-corrected chi connectivity index (χ4v) is 3.10. The van der Waals surface area contributed by atoms with Gasteiger partial charge in [0.15, 0.2) is 0 Å². The third kappa shape index (κ3) is 7.69. The molecule has 1 heterocycles. The Morgan fingerprint density at radius 3 is 2.32 bits per heavy atom. The van der Waals surface area contributed by atoms with Crippen molar-refractivity contribution in [2.75, 3.05) is 19.6 Å². The zero-order chi connectivity index (χ0) is 18.3. The number of piperidine rings is 1. The molecule has 0 atom stereocenters. The Kier molecular flexibility index (Phi) is 7.00. The van der Waals surface area contributed by atoms with Gasteiger partial charge in [-0.05, 0) is 45.6 Å². The Morgan fingerprint density at radius 1 is 1.08 bits per heavy atom. The molecule has 0 saturated carbocycles. The molecule has 2 rings (SSSR count). The van der Waals surface area contributed by atoms with E-state index in [1.807, 2.05) is 51.1 Å². The topological polar surface area (TPSA) is 61.4 Å². The quantitative estimate of drug-likeness (QED) is 0.830. The van der Waals surface area contributed by atoms with Crippen molar-refractivity contribution >= 4 is 11.8 Å². The molecular formula is C20H31N3O2. The number of carbonyl (C=O) groups excluding carboxylic acids is 2. The molecule has 1 fully saturated rings. The number of rotatable bonds is 6. The summed E-state index contributed by atoms with van der Waals surface area (Å²) >= 11 is 0. The second kappa shape index (κ2) is 8.99. The summed E-state index contributed by atoms with van der Waals surface area (Å²) in [6.45, 7) is 8.10. The Bertz CT molecular complexity index is 558. The monoisotopic (exact) mass is 345 g/mol. The van der Waals surface area contributed by atoms with Crippen molar-refractivity contribution in [2.45, 2.75) is 58.0 Å². The predicted molar refractivity (Wildman–Crippen MR) is 100 cm³/mol. The third-order valence-electron chi connectivity index (χ3n) is 4.32. The molecule has 0 unspecified atom stereocenters. The van der Waals surface area contributed by atoms with E-state index in [-0.39, 0.29) is 23.4 Å². The van der Waals surface area contributed by atoms with Crippen LogP contribution in [0.3, 0.4) is 0 Å². The Hall–Kier alpha value is -1.88. The van der Waals surface area contributed by atoms with E-state index in [9.17, 15) is 9.59 Å². The van der Waals surface area contributed by atoms with Crippen LogP contribution in [0.2, 0.25) is 0 Å². The minimum absolute atomic E-state index is 0.0675. The molecule has 138 valence electrons. The van der Waals surface area contributed by atoms with Gasteiger partial charge < -0.3 is 10.6 Å². The normalized spacial score (nSPS) is 16.4. The molecule has 2 amide bonds. The zero-order valence-electron chi connectivity index (χ0n) is 15.7. The van der Waals surface area contributed by atoms with Crippen LogP contribution in [0.15, 0.2) is 30.3 Å². The molecule has 0 spiro atoms. The standard InChI is InChI=1S/C20H31N3O2/c1-20(2,3)22-19(25)15-23-13-11-17(12-14-23)21-18(24)10-9-16-7-5-4-6-8-16/h4-8,17H,9-15H2,1-3H3,(H,21,24)(H,22,25). The van der Waals surface area contributed by atoms with Gasteiger partial charge >= 0.3 is 0 Å². The minimum atomic E-state index is -0.192. The summed E-state index contributed by atoms with van der Waals surface area (Å²) in [7, 11) is 0. The maximum absolute atomic E-state index is 12.1. The van der Waals surface area contributed by atoms with Gasteiger partial charge in [0.25, 0.3) is 0 Å². The summed E-state index contributed by atoms with van der Waals surface area (Å²) in [5.74, 6) is 0.186. The van der Waals surface area contributed by atoms with Crippen LogP contribution in [0, 0.1) is 0 Å². The molecule has 5 nitrogen and oxygen atoms in total. The molecule has 1 aromatic carbocycles. The number of likely N-dealkylation sites (tertiary alicyclic amines) is 1. The Balaban J connectivity index is 1.64. The molecule has 0 aliphatic carbocycles. The highest BCUT2D eigenvalue weighted by Crippen LogP contribution is 2.11. The second-order valence-corrected chi connectivity index (χ2v) is 7.90. The lowest BCUT2D eigenvalue weighted by Crippen LogP contribution is -2.50. The summed E-state index contributed by atoms with van der Waals surface area (Å²) in [4.78, 5) is 26.3. The lowest BCUT2D eigenvalue weighted by Gasteiger charge is -2.32. The van der Waals surface area contributed by atoms with Gasteiger partial charge in [0, 0.05) is 31.1 Å². The van der Waals surface area contributed by atoms with Gasteiger partial charge in [-0.3, -0.25) is 14.5 Å². The molecular weight excluding hydrogens is 314 g/mol. The number of nitrogens with zero attached hydrogens (tertiary/aromatic N) is 1. The molecule has 1 aliphatic rings. The summed E-state index contributed by atoms with van der Waals surface area (Å²) in [6.07, 6.45) is 3.11. The van der Waals surface area contributed by atoms with Gasteiger partial charge in [-0.2, -0.15) is 0 Å². The van der Waals surface area contributed by atoms with Crippen molar-refractivity contribution < 1.29 is 9.59 Å². The summed E-state index contributed by atoms with van der Waals surface area (Å²) in [5.41, 5.74) is 1.000. The van der Waals surface area contributed by atoms with Gasteiger partial charge in [-0.1, -0.05) is 30.3 Å². The largest absolute Gasteiger partial charge is 0.353 e. The fourth-order valence-electron chi connectivity index (χ4n) is 3.10. The van der Waals surface area contributed by atoms with E-state index in [1.54, 1.807) is 0 Å². The smallest absolute Gasteiger partial charge is 0.234 e. The van der Waals surface area contributed by atoms with Crippen molar-refractivity contribution in [1.82, 2.24) is 15.5 Å². The average molecular weight is 345 g/mol. The van der Waals surface area contributed by atoms with Crippen molar-refractivity contribution in [3.8, 4) is 0 Å². The predicted octanol–water partition coefficient (Wildman–Crippen LogP) is 2.11. The molecule has 0 bridgehead atoms. The van der Waals surface area contributed by atoms with Crippen LogP contribution >= 0.6 is 0 Å². The van der Waals surface area contributed by atoms with Gasteiger partial charge in [-0.25, -0.2) is 0 Å². The first-order valence-electron chi connectivity index (χ1n) is 9.18. The molecule has 2 N–H and O–H groups in total. The first-order chi connectivity index (χ1) is 11.8. The number of amides is 2. The van der Waals surface area contributed by atoms with Gasteiger partial charge in [-0.15, -0.1) is 0 Å². The van der Waals surface area contributed by atoms with Gasteiger partial charge in [0.05, 0.1) is 6.54 Å². The van der Waals surface area contributed by atoms with Crippen LogP contribution < -0.4 is 10.6 Å². The lowest BCUT2D eigenvalue weighted by molar-refractivity contribution is -0.125. The molecule has 0 radical (unpaired) electrons. The highest BCUT2D eigenvalue weighted by atomic mass is 16.2. The van der Waals surface area contributed by atoms with E-state index in [2.05, 4.69) is 15.5 Å². The van der Waals surface area contributed by atoms with Crippen LogP contribution in [-0.4, -0.2) is 47.9 Å². The van der Waals surface area contributed by atoms with Crippen molar-refractivity contribution in [3.63, 3.8) is 0 Å². The highest BCUT2D eigenvalue weighted by Gasteiger charge is 2.23. The molecule has 1 aliphatic heterocycles. The second-order valence-electron chi connectivity index (χ2n) is 7.90. The Labute approximate surface area is 151 Å². The number of benzene rings is 1. The Morgan fingerprint density at radius 2 is 1.72 bits per heavy atom. The fraction of sp³-hybridized carbons (Fsp3) is 0.600. The molecule has 1 aromatic rings. The van der Waals surface area contributed by atoms with E-state index in [1.165, 1.54) is 5.56 Å². The highest BCUT2D eigenvalue weighted by molar-refractivity contribution is 5.78. The van der Waals surface area contributed by atoms with E-state index in [0.717, 1.165) is 32.4 Å². The summed E-state index contributed by atoms with van der Waals surface area (Å²) < 4.78 is 0. The van der Waals surface area contributed by atoms with E-state index in [0.29, 0.717) is 13.0 Å². The van der Waals surface area contributed by atoms with E-state index in [4.69, 9.17) is 0 Å². The maximum atomic E-state index is 12.1.